The minimum Gasteiger partial charge on any atom is -0.435 e. The lowest BCUT2D eigenvalue weighted by Crippen LogP contribution is -2.42. The van der Waals surface area contributed by atoms with Gasteiger partial charge < -0.3 is 4.74 Å². The van der Waals surface area contributed by atoms with Crippen LogP contribution < -0.4 is 10.1 Å². The summed E-state index contributed by atoms with van der Waals surface area (Å²) < 4.78 is 7.42. The minimum atomic E-state index is -0.519. The van der Waals surface area contributed by atoms with Gasteiger partial charge in [-0.3, -0.25) is 4.99 Å². The third-order valence-corrected chi connectivity index (χ3v) is 2.40. The molecular weight excluding hydrogens is 258 g/mol. The summed E-state index contributed by atoms with van der Waals surface area (Å²) >= 11 is 0. The first kappa shape index (κ1) is 13.7. The van der Waals surface area contributed by atoms with Gasteiger partial charge in [0, 0.05) is 0 Å². The molecule has 2 aromatic rings. The Labute approximate surface area is 116 Å². The molecule has 7 nitrogen and oxygen atoms in total. The molecule has 0 aliphatic rings. The van der Waals surface area contributed by atoms with Gasteiger partial charge in [0.15, 0.2) is 0 Å². The molecule has 0 fully saturated rings. The van der Waals surface area contributed by atoms with E-state index in [1.54, 1.807) is 13.3 Å². The molecule has 0 radical (unpaired) electrons. The Morgan fingerprint density at radius 1 is 1.50 bits per heavy atom. The number of aromatic nitrogens is 3. The SMILES string of the molecule is CCOC(=O)n1c[n+](NC=NCc2ccccc2)cn1. The van der Waals surface area contributed by atoms with Gasteiger partial charge in [0.2, 0.25) is 0 Å². The Morgan fingerprint density at radius 3 is 3.05 bits per heavy atom. The predicted molar refractivity (Wildman–Crippen MR) is 72.8 cm³/mol. The summed E-state index contributed by atoms with van der Waals surface area (Å²) in [6, 6.07) is 9.91. The Hall–Kier alpha value is -2.70. The summed E-state index contributed by atoms with van der Waals surface area (Å²) in [5.74, 6) is 0. The van der Waals surface area contributed by atoms with E-state index in [9.17, 15) is 4.79 Å². The third-order valence-electron chi connectivity index (χ3n) is 2.40. The van der Waals surface area contributed by atoms with Crippen molar-refractivity contribution in [1.82, 2.24) is 9.78 Å². The van der Waals surface area contributed by atoms with Crippen LogP contribution in [0, 0.1) is 0 Å². The van der Waals surface area contributed by atoms with Crippen molar-refractivity contribution in [2.24, 2.45) is 4.99 Å². The molecule has 20 heavy (non-hydrogen) atoms. The van der Waals surface area contributed by atoms with Gasteiger partial charge in [-0.25, -0.2) is 10.2 Å². The fraction of sp³-hybridized carbons (Fsp3) is 0.231. The van der Waals surface area contributed by atoms with E-state index in [1.807, 2.05) is 30.3 Å². The number of carbonyl (C=O) groups excluding carboxylic acids is 1. The number of ether oxygens (including phenoxy) is 1. The quantitative estimate of drug-likeness (QED) is 0.500. The largest absolute Gasteiger partial charge is 0.513 e. The second kappa shape index (κ2) is 7.03. The highest BCUT2D eigenvalue weighted by molar-refractivity contribution is 5.68. The number of aliphatic imine (C=N–C) groups is 1. The van der Waals surface area contributed by atoms with Gasteiger partial charge in [-0.05, 0) is 17.2 Å². The molecule has 1 heterocycles. The summed E-state index contributed by atoms with van der Waals surface area (Å²) in [6.45, 7) is 2.63. The summed E-state index contributed by atoms with van der Waals surface area (Å²) in [5, 5.41) is 3.85. The van der Waals surface area contributed by atoms with E-state index in [2.05, 4.69) is 15.5 Å². The van der Waals surface area contributed by atoms with Crippen molar-refractivity contribution >= 4 is 12.4 Å². The third kappa shape index (κ3) is 3.91. The number of carbonyl (C=O) groups is 1. The molecule has 2 rings (SSSR count). The van der Waals surface area contributed by atoms with Gasteiger partial charge in [-0.1, -0.05) is 30.3 Å². The zero-order chi connectivity index (χ0) is 14.2. The first-order valence-corrected chi connectivity index (χ1v) is 6.21. The fourth-order valence-electron chi connectivity index (χ4n) is 1.48. The summed E-state index contributed by atoms with van der Waals surface area (Å²) in [5.41, 5.74) is 3.99. The normalized spacial score (nSPS) is 10.7. The topological polar surface area (TPSA) is 72.4 Å². The first-order chi connectivity index (χ1) is 9.79. The molecule has 104 valence electrons. The number of hydrogen-bond donors (Lipinski definition) is 1. The minimum absolute atomic E-state index is 0.310. The van der Waals surface area contributed by atoms with Crippen LogP contribution in [0.4, 0.5) is 4.79 Å². The molecule has 0 spiro atoms. The van der Waals surface area contributed by atoms with Crippen LogP contribution in [-0.4, -0.2) is 28.8 Å². The van der Waals surface area contributed by atoms with Gasteiger partial charge in [0.1, 0.15) is 6.34 Å². The van der Waals surface area contributed by atoms with E-state index in [4.69, 9.17) is 4.74 Å². The number of rotatable bonds is 5. The maximum atomic E-state index is 11.4. The van der Waals surface area contributed by atoms with Crippen LogP contribution in [0.1, 0.15) is 12.5 Å². The van der Waals surface area contributed by atoms with E-state index < -0.39 is 6.09 Å². The van der Waals surface area contributed by atoms with Crippen molar-refractivity contribution in [3.8, 4) is 0 Å². The molecule has 0 amide bonds. The summed E-state index contributed by atoms with van der Waals surface area (Å²) in [7, 11) is 0. The van der Waals surface area contributed by atoms with E-state index in [-0.39, 0.29) is 0 Å². The van der Waals surface area contributed by atoms with Crippen LogP contribution >= 0.6 is 0 Å². The average Bonchev–Trinajstić information content (AvgIpc) is 2.94. The van der Waals surface area contributed by atoms with Gasteiger partial charge in [-0.15, -0.1) is 4.68 Å². The predicted octanol–water partition coefficient (Wildman–Crippen LogP) is 0.947. The molecule has 0 unspecified atom stereocenters. The van der Waals surface area contributed by atoms with Crippen LogP contribution in [0.5, 0.6) is 0 Å². The first-order valence-electron chi connectivity index (χ1n) is 6.21. The maximum Gasteiger partial charge on any atom is 0.513 e. The Balaban J connectivity index is 1.83. The van der Waals surface area contributed by atoms with Crippen LogP contribution in [0.3, 0.4) is 0 Å². The highest BCUT2D eigenvalue weighted by Gasteiger charge is 2.15. The molecule has 0 saturated heterocycles. The number of nitrogens with one attached hydrogen (secondary N) is 1. The van der Waals surface area contributed by atoms with E-state index in [0.717, 1.165) is 10.2 Å². The zero-order valence-corrected chi connectivity index (χ0v) is 11.1. The molecule has 0 aliphatic heterocycles. The average molecular weight is 274 g/mol. The Morgan fingerprint density at radius 2 is 2.30 bits per heavy atom. The van der Waals surface area contributed by atoms with Crippen molar-refractivity contribution < 1.29 is 14.2 Å². The summed E-state index contributed by atoms with van der Waals surface area (Å²) in [6.07, 6.45) is 3.94. The number of hydrogen-bond acceptors (Lipinski definition) is 4. The summed E-state index contributed by atoms with van der Waals surface area (Å²) in [4.78, 5) is 15.6. The monoisotopic (exact) mass is 274 g/mol. The molecule has 1 aromatic heterocycles. The van der Waals surface area contributed by atoms with E-state index in [1.165, 1.54) is 17.3 Å². The second-order valence-electron chi connectivity index (χ2n) is 3.88. The molecule has 7 heteroatoms. The van der Waals surface area contributed by atoms with Crippen molar-refractivity contribution in [2.45, 2.75) is 13.5 Å². The molecule has 1 aromatic carbocycles. The Kier molecular flexibility index (Phi) is 4.82. The molecule has 0 bridgehead atoms. The van der Waals surface area contributed by atoms with Gasteiger partial charge >= 0.3 is 6.09 Å². The second-order valence-corrected chi connectivity index (χ2v) is 3.88. The smallest absolute Gasteiger partial charge is 0.435 e. The zero-order valence-electron chi connectivity index (χ0n) is 11.1. The van der Waals surface area contributed by atoms with Gasteiger partial charge in [-0.2, -0.15) is 0 Å². The lowest BCUT2D eigenvalue weighted by atomic mass is 10.2. The van der Waals surface area contributed by atoms with E-state index in [0.29, 0.717) is 13.2 Å². The van der Waals surface area contributed by atoms with Gasteiger partial charge in [0.05, 0.1) is 18.3 Å². The number of benzene rings is 1. The number of nitrogens with zero attached hydrogens (tertiary/aromatic N) is 4. The highest BCUT2D eigenvalue weighted by atomic mass is 16.5. The maximum absolute atomic E-state index is 11.4. The molecule has 0 atom stereocenters. The molecule has 1 N–H and O–H groups in total. The van der Waals surface area contributed by atoms with Crippen LogP contribution in [-0.2, 0) is 11.3 Å². The van der Waals surface area contributed by atoms with Crippen LogP contribution in [0.25, 0.3) is 0 Å². The van der Waals surface area contributed by atoms with Crippen molar-refractivity contribution in [2.75, 3.05) is 12.0 Å². The highest BCUT2D eigenvalue weighted by Crippen LogP contribution is 1.98. The van der Waals surface area contributed by atoms with Crippen LogP contribution in [0.15, 0.2) is 48.0 Å². The van der Waals surface area contributed by atoms with Crippen LogP contribution in [0.2, 0.25) is 0 Å². The molecular formula is C13H16N5O2+. The van der Waals surface area contributed by atoms with E-state index >= 15 is 0 Å². The molecule has 0 saturated carbocycles. The lowest BCUT2D eigenvalue weighted by molar-refractivity contribution is -0.640. The van der Waals surface area contributed by atoms with Gasteiger partial charge in [0.25, 0.3) is 12.7 Å². The standard InChI is InChI=1S/C13H16N5O2/c1-2-20-13(19)18-11-17(10-16-18)15-9-14-8-12-6-4-3-5-7-12/h3-7,9-11H,2,8H2,1H3,(H,14,15)/q+1. The lowest BCUT2D eigenvalue weighted by Gasteiger charge is -1.95. The van der Waals surface area contributed by atoms with Crippen molar-refractivity contribution in [1.29, 1.82) is 0 Å². The Bertz CT molecular complexity index is 579. The van der Waals surface area contributed by atoms with Crippen molar-refractivity contribution in [3.63, 3.8) is 0 Å². The van der Waals surface area contributed by atoms with Crippen molar-refractivity contribution in [3.05, 3.63) is 48.5 Å². The fourth-order valence-corrected chi connectivity index (χ4v) is 1.48. The molecule has 0 aliphatic carbocycles.